The lowest BCUT2D eigenvalue weighted by Gasteiger charge is -2.38. The van der Waals surface area contributed by atoms with Gasteiger partial charge in [0.15, 0.2) is 0 Å². The second-order valence-corrected chi connectivity index (χ2v) is 6.92. The number of nitrogens with one attached hydrogen (secondary N) is 1. The Morgan fingerprint density at radius 3 is 2.70 bits per heavy atom. The topological polar surface area (TPSA) is 81.9 Å². The van der Waals surface area contributed by atoms with Gasteiger partial charge in [-0.3, -0.25) is 4.79 Å². The van der Waals surface area contributed by atoms with Crippen LogP contribution in [0.1, 0.15) is 35.1 Å². The van der Waals surface area contributed by atoms with E-state index in [1.807, 2.05) is 0 Å². The summed E-state index contributed by atoms with van der Waals surface area (Å²) in [5.74, 6) is -5.19. The Morgan fingerprint density at radius 2 is 2.07 bits per heavy atom. The summed E-state index contributed by atoms with van der Waals surface area (Å²) in [5.41, 5.74) is -1.19. The van der Waals surface area contributed by atoms with Gasteiger partial charge in [0.25, 0.3) is 11.8 Å². The van der Waals surface area contributed by atoms with E-state index in [4.69, 9.17) is 5.26 Å². The van der Waals surface area contributed by atoms with Gasteiger partial charge >= 0.3 is 6.18 Å². The molecule has 2 aromatic rings. The Labute approximate surface area is 168 Å². The summed E-state index contributed by atoms with van der Waals surface area (Å²) < 4.78 is 67.1. The van der Waals surface area contributed by atoms with E-state index in [9.17, 15) is 26.7 Å². The molecule has 0 bridgehead atoms. The molecule has 0 spiro atoms. The number of pyridine rings is 2. The Morgan fingerprint density at radius 1 is 1.33 bits per heavy atom. The Balaban J connectivity index is 1.97. The second-order valence-electron chi connectivity index (χ2n) is 6.92. The molecule has 0 unspecified atom stereocenters. The van der Waals surface area contributed by atoms with Crippen LogP contribution >= 0.6 is 0 Å². The maximum Gasteiger partial charge on any atom is 0.433 e. The molecule has 158 valence electrons. The standard InChI is InChI=1S/C19H16F5N5O/c1-11-10-29(7-5-18(11,20)21)16-14(2-3-15(28-16)19(22,23)24)17(30)27-12-4-6-26-13(8-12)9-25/h2-4,6,8,11H,5,7,10H2,1H3,(H,26,27,30)/t11-/m1/s1. The first-order valence-corrected chi connectivity index (χ1v) is 8.90. The highest BCUT2D eigenvalue weighted by atomic mass is 19.4. The molecule has 0 saturated carbocycles. The lowest BCUT2D eigenvalue weighted by molar-refractivity contribution is -0.141. The summed E-state index contributed by atoms with van der Waals surface area (Å²) in [5, 5.41) is 11.4. The fourth-order valence-electron chi connectivity index (χ4n) is 3.07. The van der Waals surface area contributed by atoms with E-state index >= 15 is 0 Å². The van der Waals surface area contributed by atoms with E-state index in [2.05, 4.69) is 15.3 Å². The maximum atomic E-state index is 13.8. The summed E-state index contributed by atoms with van der Waals surface area (Å²) in [7, 11) is 0. The van der Waals surface area contributed by atoms with Crippen molar-refractivity contribution in [2.45, 2.75) is 25.4 Å². The molecule has 1 saturated heterocycles. The molecule has 0 radical (unpaired) electrons. The molecule has 1 atom stereocenters. The molecule has 1 aliphatic heterocycles. The van der Waals surface area contributed by atoms with E-state index in [0.29, 0.717) is 6.07 Å². The monoisotopic (exact) mass is 425 g/mol. The lowest BCUT2D eigenvalue weighted by atomic mass is 9.95. The molecule has 1 aliphatic rings. The zero-order valence-electron chi connectivity index (χ0n) is 15.7. The smallest absolute Gasteiger partial charge is 0.355 e. The van der Waals surface area contributed by atoms with Gasteiger partial charge in [0.2, 0.25) is 0 Å². The first-order chi connectivity index (χ1) is 14.0. The summed E-state index contributed by atoms with van der Waals surface area (Å²) in [6.45, 7) is 0.787. The SMILES string of the molecule is C[C@@H]1CN(c2nc(C(F)(F)F)ccc2C(=O)Nc2ccnc(C#N)c2)CCC1(F)F. The number of nitrogens with zero attached hydrogens (tertiary/aromatic N) is 4. The molecule has 6 nitrogen and oxygen atoms in total. The van der Waals surface area contributed by atoms with Gasteiger partial charge in [-0.05, 0) is 24.3 Å². The molecule has 30 heavy (non-hydrogen) atoms. The predicted octanol–water partition coefficient (Wildman–Crippen LogP) is 4.10. The van der Waals surface area contributed by atoms with Gasteiger partial charge in [-0.15, -0.1) is 0 Å². The first-order valence-electron chi connectivity index (χ1n) is 8.90. The van der Waals surface area contributed by atoms with Crippen molar-refractivity contribution in [1.82, 2.24) is 9.97 Å². The van der Waals surface area contributed by atoms with Crippen molar-refractivity contribution in [2.24, 2.45) is 5.92 Å². The predicted molar refractivity (Wildman–Crippen MR) is 97.1 cm³/mol. The third-order valence-electron chi connectivity index (χ3n) is 4.77. The van der Waals surface area contributed by atoms with Gasteiger partial charge in [-0.1, -0.05) is 6.92 Å². The quantitative estimate of drug-likeness (QED) is 0.749. The highest BCUT2D eigenvalue weighted by Crippen LogP contribution is 2.37. The van der Waals surface area contributed by atoms with Gasteiger partial charge in [-0.2, -0.15) is 18.4 Å². The van der Waals surface area contributed by atoms with Crippen LogP contribution < -0.4 is 10.2 Å². The van der Waals surface area contributed by atoms with Gasteiger partial charge < -0.3 is 10.2 Å². The van der Waals surface area contributed by atoms with Gasteiger partial charge in [0, 0.05) is 37.3 Å². The van der Waals surface area contributed by atoms with Crippen LogP contribution in [0, 0.1) is 17.2 Å². The third-order valence-corrected chi connectivity index (χ3v) is 4.77. The minimum Gasteiger partial charge on any atom is -0.355 e. The summed E-state index contributed by atoms with van der Waals surface area (Å²) >= 11 is 0. The molecule has 3 heterocycles. The van der Waals surface area contributed by atoms with E-state index in [1.54, 1.807) is 6.07 Å². The summed E-state index contributed by atoms with van der Waals surface area (Å²) in [6, 6.07) is 6.12. The molecule has 2 aromatic heterocycles. The van der Waals surface area contributed by atoms with Gasteiger partial charge in [-0.25, -0.2) is 18.7 Å². The number of anilines is 2. The lowest BCUT2D eigenvalue weighted by Crippen LogP contribution is -2.46. The largest absolute Gasteiger partial charge is 0.433 e. The molecule has 3 rings (SSSR count). The summed E-state index contributed by atoms with van der Waals surface area (Å²) in [6.07, 6.45) is -4.04. The molecule has 11 heteroatoms. The van der Waals surface area contributed by atoms with Crippen molar-refractivity contribution in [3.63, 3.8) is 0 Å². The zero-order valence-corrected chi connectivity index (χ0v) is 15.7. The van der Waals surface area contributed by atoms with Crippen LogP contribution in [0.15, 0.2) is 30.5 Å². The van der Waals surface area contributed by atoms with Crippen molar-refractivity contribution >= 4 is 17.4 Å². The van der Waals surface area contributed by atoms with Gasteiger partial charge in [0.1, 0.15) is 23.3 Å². The number of alkyl halides is 5. The van der Waals surface area contributed by atoms with Crippen molar-refractivity contribution in [1.29, 1.82) is 5.26 Å². The van der Waals surface area contributed by atoms with E-state index in [-0.39, 0.29) is 35.9 Å². The van der Waals surface area contributed by atoms with Crippen molar-refractivity contribution < 1.29 is 26.7 Å². The van der Waals surface area contributed by atoms with Crippen LogP contribution in [0.5, 0.6) is 0 Å². The van der Waals surface area contributed by atoms with Crippen molar-refractivity contribution in [3.8, 4) is 6.07 Å². The molecule has 1 N–H and O–H groups in total. The fourth-order valence-corrected chi connectivity index (χ4v) is 3.07. The molecule has 0 aliphatic carbocycles. The fraction of sp³-hybridized carbons (Fsp3) is 0.368. The van der Waals surface area contributed by atoms with Crippen LogP contribution in [0.25, 0.3) is 0 Å². The minimum atomic E-state index is -4.76. The van der Waals surface area contributed by atoms with Crippen LogP contribution in [0.3, 0.4) is 0 Å². The molecular weight excluding hydrogens is 409 g/mol. The van der Waals surface area contributed by atoms with Crippen LogP contribution in [0.2, 0.25) is 0 Å². The number of aromatic nitrogens is 2. The first kappa shape index (κ1) is 21.4. The zero-order chi connectivity index (χ0) is 22.1. The highest BCUT2D eigenvalue weighted by Gasteiger charge is 2.42. The van der Waals surface area contributed by atoms with Crippen LogP contribution in [-0.2, 0) is 6.18 Å². The Hall–Kier alpha value is -3.29. The van der Waals surface area contributed by atoms with Gasteiger partial charge in [0.05, 0.1) is 5.56 Å². The molecule has 1 fully saturated rings. The second kappa shape index (κ2) is 7.85. The maximum absolute atomic E-state index is 13.8. The average Bonchev–Trinajstić information content (AvgIpc) is 2.69. The number of nitriles is 1. The van der Waals surface area contributed by atoms with E-state index < -0.39 is 36.0 Å². The number of carbonyl (C=O) groups is 1. The van der Waals surface area contributed by atoms with Crippen molar-refractivity contribution in [3.05, 3.63) is 47.4 Å². The number of rotatable bonds is 3. The number of amides is 1. The van der Waals surface area contributed by atoms with Crippen molar-refractivity contribution in [2.75, 3.05) is 23.3 Å². The average molecular weight is 425 g/mol. The number of hydrogen-bond donors (Lipinski definition) is 1. The van der Waals surface area contributed by atoms with E-state index in [0.717, 1.165) is 6.07 Å². The van der Waals surface area contributed by atoms with Crippen LogP contribution in [-0.4, -0.2) is 34.9 Å². The number of halogens is 5. The molecule has 1 amide bonds. The van der Waals surface area contributed by atoms with E-state index in [1.165, 1.54) is 30.2 Å². The number of piperidine rings is 1. The minimum absolute atomic E-state index is 0.0330. The third kappa shape index (κ3) is 4.48. The highest BCUT2D eigenvalue weighted by molar-refractivity contribution is 6.07. The number of hydrogen-bond acceptors (Lipinski definition) is 5. The summed E-state index contributed by atoms with van der Waals surface area (Å²) in [4.78, 5) is 21.3. The Bertz CT molecular complexity index is 1000. The van der Waals surface area contributed by atoms with Crippen LogP contribution in [0.4, 0.5) is 33.5 Å². The normalized spacial score (nSPS) is 18.6. The number of carbonyl (C=O) groups excluding carboxylic acids is 1. The molecule has 0 aromatic carbocycles. The molecular formula is C19H16F5N5O. The Kier molecular flexibility index (Phi) is 5.61.